The minimum Gasteiger partial charge on any atom is -0.0622 e. The molecule has 0 heterocycles. The van der Waals surface area contributed by atoms with E-state index in [0.717, 1.165) is 0 Å². The molecule has 14 aromatic carbocycles. The van der Waals surface area contributed by atoms with Crippen LogP contribution in [0.1, 0.15) is 118 Å². The summed E-state index contributed by atoms with van der Waals surface area (Å²) in [6, 6.07) is 148. The fourth-order valence-corrected chi connectivity index (χ4v) is 16.7. The summed E-state index contributed by atoms with van der Waals surface area (Å²) in [5.41, 5.74) is 38.0. The molecule has 0 spiro atoms. The Labute approximate surface area is 638 Å². The third kappa shape index (κ3) is 14.5. The molecule has 0 fully saturated rings. The van der Waals surface area contributed by atoms with Gasteiger partial charge >= 0.3 is 0 Å². The predicted octanol–water partition coefficient (Wildman–Crippen LogP) is 27.7. The van der Waals surface area contributed by atoms with Crippen LogP contribution in [-0.4, -0.2) is 0 Å². The summed E-state index contributed by atoms with van der Waals surface area (Å²) in [4.78, 5) is 0. The molecule has 0 aromatic heterocycles. The molecule has 4 aliphatic carbocycles. The van der Waals surface area contributed by atoms with E-state index in [1.807, 2.05) is 0 Å². The van der Waals surface area contributed by atoms with Crippen molar-refractivity contribution in [2.45, 2.75) is 44.4 Å². The lowest BCUT2D eigenvalue weighted by molar-refractivity contribution is 0.918. The van der Waals surface area contributed by atoms with E-state index in [1.165, 1.54) is 161 Å². The Kier molecular flexibility index (Phi) is 20.8. The monoisotopic (exact) mass is 1380 g/mol. The minimum absolute atomic E-state index is 0.112. The van der Waals surface area contributed by atoms with Crippen LogP contribution in [0.4, 0.5) is 0 Å². The Morgan fingerprint density at radius 2 is 0.398 bits per heavy atom. The van der Waals surface area contributed by atoms with E-state index in [9.17, 15) is 0 Å². The van der Waals surface area contributed by atoms with Crippen LogP contribution in [0.25, 0.3) is 55.7 Å². The third-order valence-electron chi connectivity index (χ3n) is 21.5. The van der Waals surface area contributed by atoms with Crippen LogP contribution in [0, 0.1) is 27.2 Å². The summed E-state index contributed by atoms with van der Waals surface area (Å²) in [5.74, 6) is 0.525. The van der Waals surface area contributed by atoms with Gasteiger partial charge in [-0.2, -0.15) is 0 Å². The van der Waals surface area contributed by atoms with Crippen molar-refractivity contribution in [3.8, 4) is 0 Å². The highest BCUT2D eigenvalue weighted by molar-refractivity contribution is 6.31. The van der Waals surface area contributed by atoms with Gasteiger partial charge in [0.15, 0.2) is 0 Å². The van der Waals surface area contributed by atoms with Crippen LogP contribution in [0.5, 0.6) is 0 Å². The Morgan fingerprint density at radius 1 is 0.185 bits per heavy atom. The summed E-state index contributed by atoms with van der Waals surface area (Å²) in [7, 11) is 0. The standard InChI is InChI=1S/C36H29.2C36H28/c3*1-26-22-24-31(25-23-26)36-34(29-18-10-4-11-19-29)32(27-14-6-2-7-15-27)33(28-16-8-3-9-17-28)35(36)30-20-12-5-13-21-30/h2-25,32,36H,1H3;2-25,36H,1H3;2-25,32H,1H3/q+1;;. The summed E-state index contributed by atoms with van der Waals surface area (Å²) >= 11 is 0. The second-order valence-corrected chi connectivity index (χ2v) is 28.3. The first-order valence-corrected chi connectivity index (χ1v) is 37.9. The van der Waals surface area contributed by atoms with Crippen LogP contribution in [-0.2, 0) is 0 Å². The predicted molar refractivity (Wildman–Crippen MR) is 459 cm³/mol. The number of benzene rings is 14. The van der Waals surface area contributed by atoms with Crippen LogP contribution >= 0.6 is 0 Å². The molecular formula is C108H85+. The van der Waals surface area contributed by atoms with Gasteiger partial charge in [-0.3, -0.25) is 0 Å². The van der Waals surface area contributed by atoms with Gasteiger partial charge in [0.05, 0.1) is 17.4 Å². The van der Waals surface area contributed by atoms with Gasteiger partial charge in [0, 0.05) is 48.1 Å². The first-order chi connectivity index (χ1) is 53.4. The maximum absolute atomic E-state index is 2.32. The average molecular weight is 1380 g/mol. The second kappa shape index (κ2) is 32.5. The number of allylic oxidation sites excluding steroid dienone is 16. The van der Waals surface area contributed by atoms with Crippen LogP contribution in [0.3, 0.4) is 0 Å². The number of hydrogen-bond acceptors (Lipinski definition) is 0. The molecule has 4 aliphatic rings. The zero-order chi connectivity index (χ0) is 73.0. The maximum Gasteiger partial charge on any atom is 0.0967 e. The van der Waals surface area contributed by atoms with E-state index in [2.05, 4.69) is 458 Å². The summed E-state index contributed by atoms with van der Waals surface area (Å²) in [6.45, 7) is 6.47. The molecule has 0 N–H and O–H groups in total. The van der Waals surface area contributed by atoms with Gasteiger partial charge in [-0.05, 0) is 154 Å². The number of rotatable bonds is 14. The van der Waals surface area contributed by atoms with Crippen molar-refractivity contribution in [2.24, 2.45) is 0 Å². The lowest BCUT2D eigenvalue weighted by Gasteiger charge is -2.22. The van der Waals surface area contributed by atoms with E-state index in [1.54, 1.807) is 0 Å². The molecule has 3 unspecified atom stereocenters. The molecule has 0 saturated heterocycles. The van der Waals surface area contributed by atoms with Crippen molar-refractivity contribution in [1.82, 2.24) is 0 Å². The molecule has 0 amide bonds. The second-order valence-electron chi connectivity index (χ2n) is 28.3. The molecular weight excluding hydrogens is 1300 g/mol. The number of aryl methyl sites for hydroxylation is 3. The zero-order valence-corrected chi connectivity index (χ0v) is 61.4. The number of hydrogen-bond donors (Lipinski definition) is 0. The normalized spacial score (nSPS) is 16.8. The van der Waals surface area contributed by atoms with Crippen molar-refractivity contribution in [2.75, 3.05) is 0 Å². The van der Waals surface area contributed by atoms with Crippen molar-refractivity contribution in [3.05, 3.63) is 543 Å². The molecule has 0 radical (unpaired) electrons. The van der Waals surface area contributed by atoms with E-state index in [-0.39, 0.29) is 23.7 Å². The average Bonchev–Trinajstić information content (AvgIpc) is 1.59. The molecule has 3 atom stereocenters. The molecule has 516 valence electrons. The highest BCUT2D eigenvalue weighted by Gasteiger charge is 2.46. The summed E-state index contributed by atoms with van der Waals surface area (Å²) in [5, 5.41) is 0. The van der Waals surface area contributed by atoms with Gasteiger partial charge in [0.25, 0.3) is 0 Å². The van der Waals surface area contributed by atoms with Gasteiger partial charge in [-0.15, -0.1) is 0 Å². The minimum atomic E-state index is 0.112. The lowest BCUT2D eigenvalue weighted by atomic mass is 9.78. The van der Waals surface area contributed by atoms with Gasteiger partial charge in [0.2, 0.25) is 0 Å². The van der Waals surface area contributed by atoms with Gasteiger partial charge < -0.3 is 0 Å². The van der Waals surface area contributed by atoms with E-state index in [0.29, 0.717) is 0 Å². The fraction of sp³-hybridized carbons (Fsp3) is 0.0648. The molecule has 0 saturated carbocycles. The maximum atomic E-state index is 2.32. The molecule has 0 heteroatoms. The SMILES string of the molecule is Cc1ccc(C2=C(c3ccccc3)C(c3ccccc3)C(c3ccccc3)=C2c2ccccc2)cc1.Cc1ccc(C2C(c3ccccc3)=C(c3ccccc3)C(c3ccccc3)=C2c2ccccc2)cc1.Cc1ccc(C2C(c3ccccc3)=C(c3ccccc3)C(c3ccccc3)C2=C2C=CC=C[CH+]2)cc1. The van der Waals surface area contributed by atoms with Crippen molar-refractivity contribution >= 4 is 55.7 Å². The highest BCUT2D eigenvalue weighted by Crippen LogP contribution is 2.63. The zero-order valence-electron chi connectivity index (χ0n) is 61.4. The highest BCUT2D eigenvalue weighted by atomic mass is 14.5. The molecule has 14 aromatic rings. The van der Waals surface area contributed by atoms with Crippen LogP contribution < -0.4 is 0 Å². The van der Waals surface area contributed by atoms with Crippen molar-refractivity contribution in [1.29, 1.82) is 0 Å². The third-order valence-corrected chi connectivity index (χ3v) is 21.5. The lowest BCUT2D eigenvalue weighted by Crippen LogP contribution is -2.09. The molecule has 0 aliphatic heterocycles. The molecule has 108 heavy (non-hydrogen) atoms. The van der Waals surface area contributed by atoms with Crippen molar-refractivity contribution < 1.29 is 0 Å². The topological polar surface area (TPSA) is 0 Å². The molecule has 0 nitrogen and oxygen atoms in total. The summed E-state index contributed by atoms with van der Waals surface area (Å²) in [6.07, 6.45) is 11.0. The van der Waals surface area contributed by atoms with Crippen molar-refractivity contribution in [3.63, 3.8) is 0 Å². The van der Waals surface area contributed by atoms with Crippen LogP contribution in [0.2, 0.25) is 0 Å². The Bertz CT molecular complexity index is 5550. The largest absolute Gasteiger partial charge is 0.0967 e. The van der Waals surface area contributed by atoms with Gasteiger partial charge in [-0.25, -0.2) is 0 Å². The Balaban J connectivity index is 0.000000124. The first kappa shape index (κ1) is 69.3. The molecule has 0 bridgehead atoms. The quantitative estimate of drug-likeness (QED) is 0.0952. The first-order valence-electron chi connectivity index (χ1n) is 37.9. The smallest absolute Gasteiger partial charge is 0.0622 e. The molecule has 18 rings (SSSR count). The van der Waals surface area contributed by atoms with E-state index < -0.39 is 0 Å². The Hall–Kier alpha value is -13.1. The van der Waals surface area contributed by atoms with E-state index in [4.69, 9.17) is 0 Å². The summed E-state index contributed by atoms with van der Waals surface area (Å²) < 4.78 is 0. The Morgan fingerprint density at radius 3 is 0.667 bits per heavy atom. The van der Waals surface area contributed by atoms with E-state index >= 15 is 0 Å². The van der Waals surface area contributed by atoms with Crippen LogP contribution in [0.15, 0.2) is 442 Å². The van der Waals surface area contributed by atoms with Gasteiger partial charge in [0.1, 0.15) is 0 Å². The fourth-order valence-electron chi connectivity index (χ4n) is 16.7. The van der Waals surface area contributed by atoms with Gasteiger partial charge in [-0.1, -0.05) is 423 Å².